The van der Waals surface area contributed by atoms with Crippen molar-refractivity contribution < 1.29 is 26.9 Å². The van der Waals surface area contributed by atoms with E-state index in [0.29, 0.717) is 12.1 Å². The molecule has 0 saturated carbocycles. The number of hydrogen-bond donors (Lipinski definition) is 1. The minimum atomic E-state index is -4.64. The van der Waals surface area contributed by atoms with Crippen LogP contribution in [0.25, 0.3) is 10.9 Å². The molecule has 0 spiro atoms. The minimum absolute atomic E-state index is 0.141. The highest BCUT2D eigenvalue weighted by molar-refractivity contribution is 6.62. The van der Waals surface area contributed by atoms with Crippen LogP contribution in [0.2, 0.25) is 0 Å². The summed E-state index contributed by atoms with van der Waals surface area (Å²) in [5, 5.41) is 0.141. The lowest BCUT2D eigenvalue weighted by Crippen LogP contribution is -2.41. The molecule has 1 atom stereocenters. The molecule has 1 aliphatic heterocycles. The Morgan fingerprint density at radius 1 is 1.07 bits per heavy atom. The quantitative estimate of drug-likeness (QED) is 0.570. The second-order valence-electron chi connectivity index (χ2n) is 10.3. The Balaban J connectivity index is 2.18. The zero-order valence-corrected chi connectivity index (χ0v) is 18.4. The van der Waals surface area contributed by atoms with E-state index in [4.69, 9.17) is 15.0 Å². The summed E-state index contributed by atoms with van der Waals surface area (Å²) in [7, 11) is -0.961. The molecule has 30 heavy (non-hydrogen) atoms. The van der Waals surface area contributed by atoms with Gasteiger partial charge in [-0.1, -0.05) is 20.8 Å². The van der Waals surface area contributed by atoms with E-state index in [1.165, 1.54) is 12.3 Å². The summed E-state index contributed by atoms with van der Waals surface area (Å²) in [6.45, 7) is 13.8. The Morgan fingerprint density at radius 3 is 2.07 bits per heavy atom. The van der Waals surface area contributed by atoms with Crippen LogP contribution < -0.4 is 11.2 Å². The van der Waals surface area contributed by atoms with Gasteiger partial charge in [0.2, 0.25) is 0 Å². The molecule has 3 rings (SSSR count). The number of rotatable bonds is 3. The van der Waals surface area contributed by atoms with Crippen molar-refractivity contribution in [3.63, 3.8) is 0 Å². The van der Waals surface area contributed by atoms with Gasteiger partial charge in [0.1, 0.15) is 11.9 Å². The number of nitrogens with two attached hydrogens (primary N) is 1. The highest BCUT2D eigenvalue weighted by Gasteiger charge is 2.52. The van der Waals surface area contributed by atoms with Crippen molar-refractivity contribution in [1.82, 2.24) is 4.57 Å². The second-order valence-corrected chi connectivity index (χ2v) is 10.3. The van der Waals surface area contributed by atoms with E-state index in [9.17, 15) is 13.2 Å². The van der Waals surface area contributed by atoms with Gasteiger partial charge in [0.25, 0.3) is 0 Å². The van der Waals surface area contributed by atoms with Gasteiger partial charge >= 0.3 is 13.3 Å². The van der Waals surface area contributed by atoms with Crippen molar-refractivity contribution in [3.05, 3.63) is 29.7 Å². The monoisotopic (exact) mass is 428 g/mol. The molecule has 2 N–H and O–H groups in total. The van der Waals surface area contributed by atoms with Gasteiger partial charge in [-0.05, 0) is 45.2 Å². The number of benzene rings is 1. The molecule has 1 aromatic heterocycles. The lowest BCUT2D eigenvalue weighted by atomic mass is 9.78. The van der Waals surface area contributed by atoms with Crippen molar-refractivity contribution >= 4 is 23.5 Å². The van der Waals surface area contributed by atoms with Crippen LogP contribution in [0.5, 0.6) is 0 Å². The average Bonchev–Trinajstić information content (AvgIpc) is 2.97. The van der Waals surface area contributed by atoms with Gasteiger partial charge in [-0.3, -0.25) is 0 Å². The average molecular weight is 428 g/mol. The lowest BCUT2D eigenvalue weighted by molar-refractivity contribution is -0.148. The Kier molecular flexibility index (Phi) is 5.36. The van der Waals surface area contributed by atoms with Gasteiger partial charge in [-0.15, -0.1) is 0 Å². The third-order valence-corrected chi connectivity index (χ3v) is 5.87. The Labute approximate surface area is 174 Å². The van der Waals surface area contributed by atoms with Crippen LogP contribution in [0.4, 0.5) is 17.6 Å². The molecule has 2 heterocycles. The molecule has 0 bridgehead atoms. The summed E-state index contributed by atoms with van der Waals surface area (Å²) in [5.41, 5.74) is 4.39. The number of fused-ring (bicyclic) bond motifs is 1. The van der Waals surface area contributed by atoms with Crippen LogP contribution in [0.3, 0.4) is 0 Å². The molecule has 4 nitrogen and oxygen atoms in total. The molecule has 0 unspecified atom stereocenters. The fourth-order valence-electron chi connectivity index (χ4n) is 3.57. The maximum atomic E-state index is 15.1. The summed E-state index contributed by atoms with van der Waals surface area (Å²) in [6.07, 6.45) is -3.26. The number of halogens is 4. The molecule has 166 valence electrons. The molecular formula is C21H29BF4N2O2. The molecule has 1 aromatic carbocycles. The summed E-state index contributed by atoms with van der Waals surface area (Å²) < 4.78 is 68.7. The highest BCUT2D eigenvalue weighted by atomic mass is 19.4. The molecule has 0 aliphatic carbocycles. The van der Waals surface area contributed by atoms with Crippen molar-refractivity contribution in [3.8, 4) is 0 Å². The van der Waals surface area contributed by atoms with Crippen molar-refractivity contribution in [2.45, 2.75) is 78.4 Å². The summed E-state index contributed by atoms with van der Waals surface area (Å²) in [5.74, 6) is -0.690. The highest BCUT2D eigenvalue weighted by Crippen LogP contribution is 2.39. The van der Waals surface area contributed by atoms with E-state index >= 15 is 4.39 Å². The van der Waals surface area contributed by atoms with Gasteiger partial charge in [0, 0.05) is 34.7 Å². The van der Waals surface area contributed by atoms with Crippen molar-refractivity contribution in [1.29, 1.82) is 0 Å². The smallest absolute Gasteiger partial charge is 0.399 e. The summed E-state index contributed by atoms with van der Waals surface area (Å²) in [4.78, 5) is 0. The fraction of sp³-hybridized carbons (Fsp3) is 0.619. The Morgan fingerprint density at radius 2 is 1.60 bits per heavy atom. The maximum Gasteiger partial charge on any atom is 0.497 e. The number of aromatic nitrogens is 1. The first-order valence-corrected chi connectivity index (χ1v) is 9.93. The number of alkyl halides is 3. The van der Waals surface area contributed by atoms with Crippen molar-refractivity contribution in [2.75, 3.05) is 0 Å². The zero-order chi connectivity index (χ0) is 22.9. The first-order valence-electron chi connectivity index (χ1n) is 9.93. The van der Waals surface area contributed by atoms with E-state index in [2.05, 4.69) is 0 Å². The normalized spacial score (nSPS) is 20.2. The van der Waals surface area contributed by atoms with Gasteiger partial charge in [0.15, 0.2) is 0 Å². The van der Waals surface area contributed by atoms with E-state index < -0.39 is 36.4 Å². The predicted molar refractivity (Wildman–Crippen MR) is 110 cm³/mol. The first kappa shape index (κ1) is 23.1. The van der Waals surface area contributed by atoms with Crippen LogP contribution in [0.1, 0.15) is 60.1 Å². The number of hydrogen-bond acceptors (Lipinski definition) is 3. The van der Waals surface area contributed by atoms with Gasteiger partial charge in [-0.25, -0.2) is 4.39 Å². The van der Waals surface area contributed by atoms with Gasteiger partial charge in [-0.2, -0.15) is 13.2 Å². The molecule has 0 radical (unpaired) electrons. The second kappa shape index (κ2) is 6.97. The number of nitrogens with zero attached hydrogens (tertiary/aromatic N) is 1. The van der Waals surface area contributed by atoms with Crippen LogP contribution in [-0.2, 0) is 15.9 Å². The van der Waals surface area contributed by atoms with Gasteiger partial charge in [0.05, 0.1) is 11.2 Å². The molecule has 1 aliphatic rings. The van der Waals surface area contributed by atoms with E-state index in [0.717, 1.165) is 6.07 Å². The molecule has 1 fully saturated rings. The van der Waals surface area contributed by atoms with Crippen LogP contribution in [0, 0.1) is 11.2 Å². The third-order valence-electron chi connectivity index (χ3n) is 5.87. The fourth-order valence-corrected chi connectivity index (χ4v) is 3.57. The molecule has 1 saturated heterocycles. The lowest BCUT2D eigenvalue weighted by Gasteiger charge is -2.32. The Bertz CT molecular complexity index is 945. The largest absolute Gasteiger partial charge is 0.497 e. The predicted octanol–water partition coefficient (Wildman–Crippen LogP) is 4.69. The van der Waals surface area contributed by atoms with Crippen LogP contribution >= 0.6 is 0 Å². The molecule has 2 aromatic rings. The third kappa shape index (κ3) is 4.12. The van der Waals surface area contributed by atoms with E-state index in [1.807, 2.05) is 48.5 Å². The standard InChI is InChI=1S/C21H29BF4N2O2/c1-18(2,3)11-28-10-13(17(27)21(24,25)26)12-8-15(23)14(9-16(12)28)22-29-19(4,5)20(6,7)30-22/h8-10,17H,11,27H2,1-7H3/t17-/m0/s1. The van der Waals surface area contributed by atoms with E-state index in [-0.39, 0.29) is 21.8 Å². The maximum absolute atomic E-state index is 15.1. The Hall–Kier alpha value is -1.58. The molecular weight excluding hydrogens is 399 g/mol. The first-order chi connectivity index (χ1) is 13.4. The SMILES string of the molecule is CC(C)(C)Cn1cc([C@H](N)C(F)(F)F)c2cc(F)c(B3OC(C)(C)C(C)(C)O3)cc21. The molecule has 9 heteroatoms. The zero-order valence-electron chi connectivity index (χ0n) is 18.4. The summed E-state index contributed by atoms with van der Waals surface area (Å²) >= 11 is 0. The van der Waals surface area contributed by atoms with Crippen molar-refractivity contribution in [2.24, 2.45) is 11.1 Å². The molecule has 0 amide bonds. The van der Waals surface area contributed by atoms with Crippen LogP contribution in [-0.4, -0.2) is 29.1 Å². The van der Waals surface area contributed by atoms with Gasteiger partial charge < -0.3 is 19.6 Å². The van der Waals surface area contributed by atoms with E-state index in [1.54, 1.807) is 4.57 Å². The topological polar surface area (TPSA) is 49.4 Å². The summed E-state index contributed by atoms with van der Waals surface area (Å²) in [6, 6.07) is 0.421. The minimum Gasteiger partial charge on any atom is -0.399 e. The van der Waals surface area contributed by atoms with Crippen LogP contribution in [0.15, 0.2) is 18.3 Å².